The fourth-order valence-electron chi connectivity index (χ4n) is 2.42. The molecule has 0 radical (unpaired) electrons. The van der Waals surface area contributed by atoms with Crippen molar-refractivity contribution in [3.05, 3.63) is 0 Å². The molecular formula is C15H24O9. The normalized spacial score (nSPS) is 29.6. The summed E-state index contributed by atoms with van der Waals surface area (Å²) in [6.45, 7) is 5.57. The van der Waals surface area contributed by atoms with Crippen LogP contribution in [0.25, 0.3) is 0 Å². The molecule has 5 atom stereocenters. The van der Waals surface area contributed by atoms with Crippen molar-refractivity contribution < 1.29 is 42.8 Å². The highest BCUT2D eigenvalue weighted by Crippen LogP contribution is 2.29. The highest BCUT2D eigenvalue weighted by atomic mass is 16.7. The maximum atomic E-state index is 11.5. The Morgan fingerprint density at radius 1 is 0.917 bits per heavy atom. The topological polar surface area (TPSA) is 107 Å². The standard InChI is InChI=1S/C15H24O9/c1-6-20-15-14(19-5)13(23-10(4)18)12(22-9(3)17)11(24-15)7-21-8(2)16/h11-15H,6-7H2,1-5H3/t11-,12-,13-,14-,15+/m1/s1. The monoisotopic (exact) mass is 348 g/mol. The molecular weight excluding hydrogens is 324 g/mol. The van der Waals surface area contributed by atoms with Gasteiger partial charge in [0.2, 0.25) is 0 Å². The van der Waals surface area contributed by atoms with Gasteiger partial charge in [0.25, 0.3) is 0 Å². The van der Waals surface area contributed by atoms with E-state index >= 15 is 0 Å². The van der Waals surface area contributed by atoms with Gasteiger partial charge in [0.15, 0.2) is 18.5 Å². The summed E-state index contributed by atoms with van der Waals surface area (Å²) in [4.78, 5) is 34.0. The third kappa shape index (κ3) is 5.73. The summed E-state index contributed by atoms with van der Waals surface area (Å²) in [5, 5.41) is 0. The number of carbonyl (C=O) groups excluding carboxylic acids is 3. The third-order valence-corrected chi connectivity index (χ3v) is 3.25. The maximum absolute atomic E-state index is 11.5. The lowest BCUT2D eigenvalue weighted by molar-refractivity contribution is -0.309. The molecule has 9 nitrogen and oxygen atoms in total. The van der Waals surface area contributed by atoms with Crippen molar-refractivity contribution >= 4 is 17.9 Å². The van der Waals surface area contributed by atoms with E-state index in [0.29, 0.717) is 6.61 Å². The minimum Gasteiger partial charge on any atom is -0.463 e. The van der Waals surface area contributed by atoms with Crippen molar-refractivity contribution in [1.82, 2.24) is 0 Å². The van der Waals surface area contributed by atoms with Gasteiger partial charge >= 0.3 is 17.9 Å². The van der Waals surface area contributed by atoms with Crippen molar-refractivity contribution in [2.24, 2.45) is 0 Å². The molecule has 1 aliphatic heterocycles. The van der Waals surface area contributed by atoms with Gasteiger partial charge in [-0.25, -0.2) is 0 Å². The Labute approximate surface area is 140 Å². The third-order valence-electron chi connectivity index (χ3n) is 3.25. The molecule has 0 unspecified atom stereocenters. The quantitative estimate of drug-likeness (QED) is 0.470. The fourth-order valence-corrected chi connectivity index (χ4v) is 2.42. The van der Waals surface area contributed by atoms with E-state index in [4.69, 9.17) is 28.4 Å². The molecule has 1 saturated heterocycles. The van der Waals surface area contributed by atoms with E-state index in [0.717, 1.165) is 0 Å². The lowest BCUT2D eigenvalue weighted by Crippen LogP contribution is -2.62. The Hall–Kier alpha value is -1.71. The van der Waals surface area contributed by atoms with Crippen LogP contribution in [0.15, 0.2) is 0 Å². The molecule has 1 rings (SSSR count). The van der Waals surface area contributed by atoms with Gasteiger partial charge in [0, 0.05) is 34.5 Å². The summed E-state index contributed by atoms with van der Waals surface area (Å²) in [6.07, 6.45) is -4.54. The van der Waals surface area contributed by atoms with Crippen LogP contribution in [-0.2, 0) is 42.8 Å². The van der Waals surface area contributed by atoms with E-state index < -0.39 is 48.6 Å². The van der Waals surface area contributed by atoms with Crippen LogP contribution in [-0.4, -0.2) is 68.9 Å². The first-order valence-electron chi connectivity index (χ1n) is 7.57. The predicted molar refractivity (Wildman–Crippen MR) is 78.8 cm³/mol. The second-order valence-electron chi connectivity index (χ2n) is 5.15. The summed E-state index contributed by atoms with van der Waals surface area (Å²) in [6, 6.07) is 0. The lowest BCUT2D eigenvalue weighted by Gasteiger charge is -2.44. The number of rotatable bonds is 7. The second kappa shape index (κ2) is 9.55. The van der Waals surface area contributed by atoms with Crippen molar-refractivity contribution in [1.29, 1.82) is 0 Å². The summed E-state index contributed by atoms with van der Waals surface area (Å²) in [5.74, 6) is -1.70. The van der Waals surface area contributed by atoms with Gasteiger partial charge in [-0.05, 0) is 6.92 Å². The number of hydrogen-bond acceptors (Lipinski definition) is 9. The van der Waals surface area contributed by atoms with Crippen molar-refractivity contribution in [2.75, 3.05) is 20.3 Å². The highest BCUT2D eigenvalue weighted by Gasteiger charge is 2.51. The van der Waals surface area contributed by atoms with Gasteiger partial charge < -0.3 is 28.4 Å². The average Bonchev–Trinajstić information content (AvgIpc) is 2.47. The van der Waals surface area contributed by atoms with Gasteiger partial charge in [-0.3, -0.25) is 14.4 Å². The molecule has 0 bridgehead atoms. The van der Waals surface area contributed by atoms with Crippen LogP contribution in [0.2, 0.25) is 0 Å². The van der Waals surface area contributed by atoms with E-state index in [-0.39, 0.29) is 6.61 Å². The number of carbonyl (C=O) groups is 3. The largest absolute Gasteiger partial charge is 0.463 e. The van der Waals surface area contributed by atoms with Gasteiger partial charge in [0.05, 0.1) is 0 Å². The van der Waals surface area contributed by atoms with Crippen LogP contribution in [0.5, 0.6) is 0 Å². The van der Waals surface area contributed by atoms with Crippen LogP contribution in [0.1, 0.15) is 27.7 Å². The van der Waals surface area contributed by atoms with E-state index in [1.807, 2.05) is 0 Å². The molecule has 1 heterocycles. The molecule has 1 aliphatic rings. The van der Waals surface area contributed by atoms with Crippen molar-refractivity contribution in [3.8, 4) is 0 Å². The number of ether oxygens (including phenoxy) is 6. The van der Waals surface area contributed by atoms with Gasteiger partial charge in [-0.2, -0.15) is 0 Å². The number of hydrogen-bond donors (Lipinski definition) is 0. The van der Waals surface area contributed by atoms with Crippen LogP contribution in [0.4, 0.5) is 0 Å². The van der Waals surface area contributed by atoms with Crippen LogP contribution in [0, 0.1) is 0 Å². The summed E-state index contributed by atoms with van der Waals surface area (Å²) >= 11 is 0. The fraction of sp³-hybridized carbons (Fsp3) is 0.800. The van der Waals surface area contributed by atoms with Crippen LogP contribution >= 0.6 is 0 Å². The van der Waals surface area contributed by atoms with E-state index in [9.17, 15) is 14.4 Å². The zero-order chi connectivity index (χ0) is 18.3. The first-order chi connectivity index (χ1) is 11.3. The molecule has 0 aromatic carbocycles. The predicted octanol–water partition coefficient (Wildman–Crippen LogP) is 0.189. The van der Waals surface area contributed by atoms with Crippen molar-refractivity contribution in [3.63, 3.8) is 0 Å². The molecule has 0 N–H and O–H groups in total. The van der Waals surface area contributed by atoms with Crippen LogP contribution < -0.4 is 0 Å². The first-order valence-corrected chi connectivity index (χ1v) is 7.57. The molecule has 0 saturated carbocycles. The van der Waals surface area contributed by atoms with Gasteiger partial charge in [-0.1, -0.05) is 0 Å². The summed E-state index contributed by atoms with van der Waals surface area (Å²) in [7, 11) is 1.40. The zero-order valence-electron chi connectivity index (χ0n) is 14.5. The maximum Gasteiger partial charge on any atom is 0.303 e. The average molecular weight is 348 g/mol. The Bertz CT molecular complexity index is 450. The summed E-state index contributed by atoms with van der Waals surface area (Å²) in [5.41, 5.74) is 0. The molecule has 9 heteroatoms. The van der Waals surface area contributed by atoms with Crippen molar-refractivity contribution in [2.45, 2.75) is 58.4 Å². The molecule has 0 aromatic heterocycles. The Morgan fingerprint density at radius 2 is 1.50 bits per heavy atom. The molecule has 0 aliphatic carbocycles. The smallest absolute Gasteiger partial charge is 0.303 e. The second-order valence-corrected chi connectivity index (χ2v) is 5.15. The molecule has 0 spiro atoms. The number of methoxy groups -OCH3 is 1. The Morgan fingerprint density at radius 3 is 1.96 bits per heavy atom. The van der Waals surface area contributed by atoms with E-state index in [1.165, 1.54) is 27.9 Å². The Balaban J connectivity index is 3.10. The molecule has 0 aromatic rings. The first kappa shape index (κ1) is 20.3. The SMILES string of the molecule is CCO[C@H]1O[C@H](COC(C)=O)[C@@H](OC(C)=O)[C@@H](OC(C)=O)[C@H]1OC. The lowest BCUT2D eigenvalue weighted by atomic mass is 9.98. The summed E-state index contributed by atoms with van der Waals surface area (Å²) < 4.78 is 32.0. The van der Waals surface area contributed by atoms with E-state index in [1.54, 1.807) is 6.92 Å². The minimum absolute atomic E-state index is 0.189. The molecule has 1 fully saturated rings. The highest BCUT2D eigenvalue weighted by molar-refractivity contribution is 5.67. The number of esters is 3. The van der Waals surface area contributed by atoms with Crippen LogP contribution in [0.3, 0.4) is 0 Å². The molecule has 24 heavy (non-hydrogen) atoms. The van der Waals surface area contributed by atoms with Gasteiger partial charge in [0.1, 0.15) is 18.8 Å². The van der Waals surface area contributed by atoms with E-state index in [2.05, 4.69) is 0 Å². The van der Waals surface area contributed by atoms with Gasteiger partial charge in [-0.15, -0.1) is 0 Å². The molecule has 138 valence electrons. The zero-order valence-corrected chi connectivity index (χ0v) is 14.5. The Kier molecular flexibility index (Phi) is 8.09. The minimum atomic E-state index is -1.01. The molecule has 0 amide bonds.